The molecule has 0 amide bonds. The number of anilines is 2. The van der Waals surface area contributed by atoms with Gasteiger partial charge in [-0.2, -0.15) is 0 Å². The van der Waals surface area contributed by atoms with E-state index >= 15 is 0 Å². The lowest BCUT2D eigenvalue weighted by Crippen LogP contribution is -2.15. The normalized spacial score (nSPS) is 12.2. The molecule has 21 heavy (non-hydrogen) atoms. The lowest BCUT2D eigenvalue weighted by molar-refractivity contribution is 0.472. The highest BCUT2D eigenvalue weighted by Crippen LogP contribution is 2.19. The largest absolute Gasteiger partial charge is 0.370 e. The van der Waals surface area contributed by atoms with Gasteiger partial charge in [0.25, 0.3) is 0 Å². The van der Waals surface area contributed by atoms with Crippen LogP contribution in [0.4, 0.5) is 11.6 Å². The Morgan fingerprint density at radius 3 is 2.38 bits per heavy atom. The first-order valence-corrected chi connectivity index (χ1v) is 9.36. The Bertz CT molecular complexity index is 398. The van der Waals surface area contributed by atoms with E-state index in [0.29, 0.717) is 0 Å². The molecule has 0 radical (unpaired) electrons. The van der Waals surface area contributed by atoms with Gasteiger partial charge in [0.15, 0.2) is 5.16 Å². The van der Waals surface area contributed by atoms with Gasteiger partial charge in [0.1, 0.15) is 11.6 Å². The summed E-state index contributed by atoms with van der Waals surface area (Å²) in [5.74, 6) is 2.58. The number of aromatic nitrogens is 2. The first-order chi connectivity index (χ1) is 10.2. The molecule has 2 N–H and O–H groups in total. The van der Waals surface area contributed by atoms with E-state index in [9.17, 15) is 0 Å². The van der Waals surface area contributed by atoms with Crippen molar-refractivity contribution in [1.82, 2.24) is 9.97 Å². The van der Waals surface area contributed by atoms with E-state index in [0.717, 1.165) is 42.2 Å². The summed E-state index contributed by atoms with van der Waals surface area (Å²) >= 11 is 1.58. The molecule has 1 atom stereocenters. The molecule has 1 aromatic heterocycles. The predicted molar refractivity (Wildman–Crippen MR) is 94.4 cm³/mol. The second kappa shape index (κ2) is 10.7. The van der Waals surface area contributed by atoms with Crippen LogP contribution in [0.3, 0.4) is 0 Å². The van der Waals surface area contributed by atoms with Gasteiger partial charge >= 0.3 is 0 Å². The van der Waals surface area contributed by atoms with Crippen molar-refractivity contribution >= 4 is 23.4 Å². The summed E-state index contributed by atoms with van der Waals surface area (Å²) in [5, 5.41) is 7.65. The van der Waals surface area contributed by atoms with E-state index in [2.05, 4.69) is 41.4 Å². The van der Waals surface area contributed by atoms with Crippen molar-refractivity contribution in [3.63, 3.8) is 0 Å². The molecule has 120 valence electrons. The molecule has 1 unspecified atom stereocenters. The molecule has 0 aliphatic heterocycles. The predicted octanol–water partition coefficient (Wildman–Crippen LogP) is 4.65. The first kappa shape index (κ1) is 18.1. The third-order valence-corrected chi connectivity index (χ3v) is 4.11. The minimum atomic E-state index is 0.727. The van der Waals surface area contributed by atoms with Crippen LogP contribution in [0.5, 0.6) is 0 Å². The topological polar surface area (TPSA) is 49.8 Å². The van der Waals surface area contributed by atoms with E-state index in [1.165, 1.54) is 25.7 Å². The first-order valence-electron chi connectivity index (χ1n) is 8.14. The van der Waals surface area contributed by atoms with E-state index in [1.807, 2.05) is 12.3 Å². The second-order valence-electron chi connectivity index (χ2n) is 5.35. The van der Waals surface area contributed by atoms with Crippen molar-refractivity contribution in [3.05, 3.63) is 6.07 Å². The Hall–Kier alpha value is -0.970. The molecule has 5 heteroatoms. The molecule has 0 bridgehead atoms. The molecule has 0 aliphatic rings. The summed E-state index contributed by atoms with van der Waals surface area (Å²) in [6, 6.07) is 2.02. The van der Waals surface area contributed by atoms with Crippen molar-refractivity contribution in [2.24, 2.45) is 5.92 Å². The van der Waals surface area contributed by atoms with Gasteiger partial charge in [-0.3, -0.25) is 0 Å². The Morgan fingerprint density at radius 1 is 1.10 bits per heavy atom. The number of hydrogen-bond donors (Lipinski definition) is 2. The number of unbranched alkanes of at least 4 members (excludes halogenated alkanes) is 1. The number of hydrogen-bond acceptors (Lipinski definition) is 5. The van der Waals surface area contributed by atoms with Gasteiger partial charge in [-0.1, -0.05) is 51.8 Å². The van der Waals surface area contributed by atoms with Crippen LogP contribution in [0.15, 0.2) is 11.2 Å². The van der Waals surface area contributed by atoms with Gasteiger partial charge in [-0.05, 0) is 25.0 Å². The molecule has 0 aromatic carbocycles. The van der Waals surface area contributed by atoms with Crippen molar-refractivity contribution in [1.29, 1.82) is 0 Å². The Kier molecular flexibility index (Phi) is 9.22. The molecule has 1 aromatic rings. The van der Waals surface area contributed by atoms with Gasteiger partial charge in [0.2, 0.25) is 0 Å². The maximum Gasteiger partial charge on any atom is 0.191 e. The molecule has 1 heterocycles. The molecule has 0 aliphatic carbocycles. The highest BCUT2D eigenvalue weighted by Gasteiger charge is 2.08. The number of nitrogens with one attached hydrogen (secondary N) is 2. The van der Waals surface area contributed by atoms with Crippen LogP contribution in [0.25, 0.3) is 0 Å². The van der Waals surface area contributed by atoms with E-state index < -0.39 is 0 Å². The van der Waals surface area contributed by atoms with Gasteiger partial charge in [0, 0.05) is 19.2 Å². The van der Waals surface area contributed by atoms with Gasteiger partial charge in [0.05, 0.1) is 0 Å². The monoisotopic (exact) mass is 310 g/mol. The quantitative estimate of drug-likeness (QED) is 0.460. The van der Waals surface area contributed by atoms with Gasteiger partial charge in [-0.25, -0.2) is 9.97 Å². The molecule has 4 nitrogen and oxygen atoms in total. The van der Waals surface area contributed by atoms with E-state index in [1.54, 1.807) is 11.8 Å². The zero-order valence-electron chi connectivity index (χ0n) is 13.9. The van der Waals surface area contributed by atoms with Crippen molar-refractivity contribution in [2.75, 3.05) is 30.0 Å². The summed E-state index contributed by atoms with van der Waals surface area (Å²) in [4.78, 5) is 9.03. The Morgan fingerprint density at radius 2 is 1.81 bits per heavy atom. The molecular formula is C16H30N4S. The minimum Gasteiger partial charge on any atom is -0.370 e. The second-order valence-corrected chi connectivity index (χ2v) is 6.12. The van der Waals surface area contributed by atoms with Crippen LogP contribution in [0.2, 0.25) is 0 Å². The van der Waals surface area contributed by atoms with E-state index in [4.69, 9.17) is 0 Å². The average molecular weight is 311 g/mol. The van der Waals surface area contributed by atoms with Crippen molar-refractivity contribution in [2.45, 2.75) is 58.0 Å². The third-order valence-electron chi connectivity index (χ3n) is 3.56. The molecule has 0 saturated carbocycles. The Labute approximate surface area is 133 Å². The molecule has 0 saturated heterocycles. The zero-order chi connectivity index (χ0) is 15.5. The van der Waals surface area contributed by atoms with Crippen LogP contribution in [0.1, 0.15) is 52.9 Å². The van der Waals surface area contributed by atoms with Gasteiger partial charge < -0.3 is 10.6 Å². The maximum atomic E-state index is 4.55. The summed E-state index contributed by atoms with van der Waals surface area (Å²) in [6.45, 7) is 8.61. The summed E-state index contributed by atoms with van der Waals surface area (Å²) in [6.07, 6.45) is 8.19. The average Bonchev–Trinajstić information content (AvgIpc) is 2.52. The number of rotatable bonds is 11. The van der Waals surface area contributed by atoms with Crippen LogP contribution >= 0.6 is 11.8 Å². The fraction of sp³-hybridized carbons (Fsp3) is 0.750. The molecule has 0 spiro atoms. The van der Waals surface area contributed by atoms with Crippen molar-refractivity contribution in [3.8, 4) is 0 Å². The standard InChI is InChI=1S/C16H30N4S/c1-5-8-9-13(7-3)12-18-15-11-14(17-10-6-2)19-16(20-15)21-4/h11,13H,5-10,12H2,1-4H3,(H2,17,18,19,20). The maximum absolute atomic E-state index is 4.55. The highest BCUT2D eigenvalue weighted by molar-refractivity contribution is 7.98. The van der Waals surface area contributed by atoms with Crippen LogP contribution in [-0.2, 0) is 0 Å². The Balaban J connectivity index is 2.63. The fourth-order valence-electron chi connectivity index (χ4n) is 2.14. The summed E-state index contributed by atoms with van der Waals surface area (Å²) in [7, 11) is 0. The minimum absolute atomic E-state index is 0.727. The fourth-order valence-corrected chi connectivity index (χ4v) is 2.52. The summed E-state index contributed by atoms with van der Waals surface area (Å²) in [5.41, 5.74) is 0. The van der Waals surface area contributed by atoms with Gasteiger partial charge in [-0.15, -0.1) is 0 Å². The van der Waals surface area contributed by atoms with Crippen LogP contribution < -0.4 is 10.6 Å². The summed E-state index contributed by atoms with van der Waals surface area (Å²) < 4.78 is 0. The molecule has 1 rings (SSSR count). The third kappa shape index (κ3) is 7.02. The number of nitrogens with zero attached hydrogens (tertiary/aromatic N) is 2. The van der Waals surface area contributed by atoms with Crippen LogP contribution in [0, 0.1) is 5.92 Å². The lowest BCUT2D eigenvalue weighted by Gasteiger charge is -2.16. The van der Waals surface area contributed by atoms with E-state index in [-0.39, 0.29) is 0 Å². The smallest absolute Gasteiger partial charge is 0.191 e. The lowest BCUT2D eigenvalue weighted by atomic mass is 9.99. The zero-order valence-corrected chi connectivity index (χ0v) is 14.7. The SMILES string of the molecule is CCCCC(CC)CNc1cc(NCCC)nc(SC)n1. The number of thioether (sulfide) groups is 1. The molecule has 0 fully saturated rings. The van der Waals surface area contributed by atoms with Crippen molar-refractivity contribution < 1.29 is 0 Å². The highest BCUT2D eigenvalue weighted by atomic mass is 32.2. The molecular weight excluding hydrogens is 280 g/mol. The van der Waals surface area contributed by atoms with Crippen LogP contribution in [-0.4, -0.2) is 29.3 Å².